The van der Waals surface area contributed by atoms with Crippen LogP contribution in [0.4, 0.5) is 19.3 Å². The molecule has 0 aliphatic carbocycles. The van der Waals surface area contributed by atoms with Crippen molar-refractivity contribution in [2.75, 3.05) is 31.8 Å². The Kier molecular flexibility index (Phi) is 8.56. The predicted octanol–water partition coefficient (Wildman–Crippen LogP) is -0.582. The molecular weight excluding hydrogens is 418 g/mol. The van der Waals surface area contributed by atoms with E-state index in [0.29, 0.717) is 23.2 Å². The summed E-state index contributed by atoms with van der Waals surface area (Å²) in [5.74, 6) is -1.14. The summed E-state index contributed by atoms with van der Waals surface area (Å²) in [6.45, 7) is 1.12. The molecule has 2 N–H and O–H groups in total. The molecule has 0 saturated carbocycles. The molecular formula is C21H23ClF2N2O4. The lowest BCUT2D eigenvalue weighted by atomic mass is 10.0. The Hall–Kier alpha value is -2.71. The zero-order chi connectivity index (χ0) is 20.8. The van der Waals surface area contributed by atoms with Crippen molar-refractivity contribution in [3.05, 3.63) is 53.8 Å². The zero-order valence-electron chi connectivity index (χ0n) is 16.4. The van der Waals surface area contributed by atoms with Gasteiger partial charge in [0.2, 0.25) is 6.10 Å². The summed E-state index contributed by atoms with van der Waals surface area (Å²) in [5, 5.41) is 2.03. The molecule has 6 nitrogen and oxygen atoms in total. The molecule has 9 heteroatoms. The zero-order valence-corrected chi connectivity index (χ0v) is 17.2. The van der Waals surface area contributed by atoms with Gasteiger partial charge >= 0.3 is 12.1 Å². The van der Waals surface area contributed by atoms with E-state index in [0.717, 1.165) is 18.7 Å². The van der Waals surface area contributed by atoms with Gasteiger partial charge in [0.05, 0.1) is 32.6 Å². The van der Waals surface area contributed by atoms with Crippen molar-refractivity contribution in [3.63, 3.8) is 0 Å². The van der Waals surface area contributed by atoms with E-state index >= 15 is 0 Å². The van der Waals surface area contributed by atoms with Crippen molar-refractivity contribution in [3.8, 4) is 11.1 Å². The lowest BCUT2D eigenvalue weighted by molar-refractivity contribution is -0.670. The molecule has 162 valence electrons. The molecule has 2 aromatic rings. The monoisotopic (exact) mass is 440 g/mol. The summed E-state index contributed by atoms with van der Waals surface area (Å²) in [7, 11) is 1.21. The number of anilines is 1. The summed E-state index contributed by atoms with van der Waals surface area (Å²) < 4.78 is 36.4. The molecule has 1 atom stereocenters. The van der Waals surface area contributed by atoms with Crippen LogP contribution in [-0.2, 0) is 20.8 Å². The number of halogens is 3. The number of hydrogen-bond donors (Lipinski definition) is 1. The van der Waals surface area contributed by atoms with Crippen LogP contribution < -0.4 is 22.6 Å². The number of benzene rings is 2. The number of cyclic esters (lactones) is 1. The number of ether oxygens (including phenoxy) is 2. The molecule has 2 aromatic carbocycles. The number of nitrogens with zero attached hydrogens (tertiary/aromatic N) is 1. The number of methoxy groups -OCH3 is 1. The molecule has 1 aliphatic heterocycles. The first-order valence-electron chi connectivity index (χ1n) is 9.36. The van der Waals surface area contributed by atoms with Crippen molar-refractivity contribution < 1.29 is 45.6 Å². The molecule has 0 bridgehead atoms. The summed E-state index contributed by atoms with van der Waals surface area (Å²) in [6, 6.07) is 11.9. The van der Waals surface area contributed by atoms with E-state index in [2.05, 4.69) is 4.74 Å². The van der Waals surface area contributed by atoms with E-state index in [9.17, 15) is 18.4 Å². The predicted molar refractivity (Wildman–Crippen MR) is 103 cm³/mol. The second kappa shape index (κ2) is 10.9. The summed E-state index contributed by atoms with van der Waals surface area (Å²) in [4.78, 5) is 24.7. The third kappa shape index (κ3) is 5.46. The lowest BCUT2D eigenvalue weighted by Gasteiger charge is -2.14. The molecule has 0 spiro atoms. The second-order valence-corrected chi connectivity index (χ2v) is 6.69. The Morgan fingerprint density at radius 2 is 2.00 bits per heavy atom. The number of amides is 1. The first-order valence-corrected chi connectivity index (χ1v) is 9.36. The number of quaternary nitrogens is 1. The largest absolute Gasteiger partial charge is 1.00 e. The van der Waals surface area contributed by atoms with E-state index in [4.69, 9.17) is 4.74 Å². The van der Waals surface area contributed by atoms with Crippen molar-refractivity contribution in [1.29, 1.82) is 0 Å². The normalized spacial score (nSPS) is 15.5. The summed E-state index contributed by atoms with van der Waals surface area (Å²) >= 11 is 0. The van der Waals surface area contributed by atoms with Gasteiger partial charge in [0.25, 0.3) is 0 Å². The third-order valence-corrected chi connectivity index (χ3v) is 4.73. The minimum Gasteiger partial charge on any atom is -1.00 e. The number of nitrogens with two attached hydrogens (primary N) is 1. The Morgan fingerprint density at radius 3 is 2.63 bits per heavy atom. The third-order valence-electron chi connectivity index (χ3n) is 4.73. The van der Waals surface area contributed by atoms with Crippen LogP contribution in [0.25, 0.3) is 11.1 Å². The first kappa shape index (κ1) is 23.6. The summed E-state index contributed by atoms with van der Waals surface area (Å²) in [5.41, 5.74) is 2.48. The van der Waals surface area contributed by atoms with Crippen LogP contribution in [0.5, 0.6) is 0 Å². The maximum atomic E-state index is 14.7. The smallest absolute Gasteiger partial charge is 0.415 e. The van der Waals surface area contributed by atoms with Crippen LogP contribution in [0.15, 0.2) is 42.5 Å². The Morgan fingerprint density at radius 1 is 1.27 bits per heavy atom. The average Bonchev–Trinajstić information content (AvgIpc) is 3.13. The lowest BCUT2D eigenvalue weighted by Crippen LogP contribution is -3.00. The van der Waals surface area contributed by atoms with E-state index in [1.165, 1.54) is 18.1 Å². The van der Waals surface area contributed by atoms with E-state index < -0.39 is 24.0 Å². The fourth-order valence-electron chi connectivity index (χ4n) is 3.14. The van der Waals surface area contributed by atoms with Crippen molar-refractivity contribution >= 4 is 17.7 Å². The molecule has 30 heavy (non-hydrogen) atoms. The van der Waals surface area contributed by atoms with Crippen LogP contribution >= 0.6 is 0 Å². The van der Waals surface area contributed by atoms with E-state index in [-0.39, 0.29) is 25.6 Å². The number of rotatable bonds is 8. The number of carbonyl (C=O) groups is 2. The quantitative estimate of drug-likeness (QED) is 0.440. The van der Waals surface area contributed by atoms with Crippen LogP contribution in [0.1, 0.15) is 12.0 Å². The Balaban J connectivity index is 0.00000320. The molecule has 1 heterocycles. The maximum Gasteiger partial charge on any atom is 0.415 e. The molecule has 0 aromatic heterocycles. The molecule has 1 amide bonds. The van der Waals surface area contributed by atoms with Crippen LogP contribution in [0, 0.1) is 5.82 Å². The highest BCUT2D eigenvalue weighted by molar-refractivity contribution is 5.94. The van der Waals surface area contributed by atoms with Crippen LogP contribution in [0.3, 0.4) is 0 Å². The highest BCUT2D eigenvalue weighted by atomic mass is 35.5. The number of carbonyl (C=O) groups excluding carboxylic acids is 2. The van der Waals surface area contributed by atoms with E-state index in [1.807, 2.05) is 29.6 Å². The first-order chi connectivity index (χ1) is 14.0. The number of alkyl halides is 1. The minimum absolute atomic E-state index is 0. The standard InChI is InChI=1S/C21H22F2N2O4.ClH/c1-28-20(26)19-13-25(21(27)29-19)16-7-8-17(18(23)11-16)15-5-3-14(4-6-15)12-24-10-2-9-22;/h3-8,11,19,24H,2,9-10,12-13H2,1H3;1H/t19-;/m1./s1. The minimum atomic E-state index is -1.02. The topological polar surface area (TPSA) is 72.5 Å². The Bertz CT molecular complexity index is 880. The highest BCUT2D eigenvalue weighted by Gasteiger charge is 2.37. The van der Waals surface area contributed by atoms with Crippen molar-refractivity contribution in [2.45, 2.75) is 19.1 Å². The van der Waals surface area contributed by atoms with E-state index in [1.54, 1.807) is 12.1 Å². The number of esters is 1. The summed E-state index contributed by atoms with van der Waals surface area (Å²) in [6.07, 6.45) is -1.22. The van der Waals surface area contributed by atoms with Crippen LogP contribution in [0.2, 0.25) is 0 Å². The molecule has 0 unspecified atom stereocenters. The van der Waals surface area contributed by atoms with Gasteiger partial charge in [-0.2, -0.15) is 0 Å². The molecule has 1 saturated heterocycles. The fraction of sp³-hybridized carbons (Fsp3) is 0.333. The highest BCUT2D eigenvalue weighted by Crippen LogP contribution is 2.29. The van der Waals surface area contributed by atoms with Gasteiger partial charge in [0, 0.05) is 17.5 Å². The number of hydrogen-bond acceptors (Lipinski definition) is 4. The fourth-order valence-corrected chi connectivity index (χ4v) is 3.14. The molecule has 0 radical (unpaired) electrons. The Labute approximate surface area is 179 Å². The van der Waals surface area contributed by atoms with Gasteiger partial charge in [-0.1, -0.05) is 24.3 Å². The van der Waals surface area contributed by atoms with Crippen molar-refractivity contribution in [1.82, 2.24) is 0 Å². The van der Waals surface area contributed by atoms with Gasteiger partial charge < -0.3 is 27.2 Å². The van der Waals surface area contributed by atoms with Gasteiger partial charge in [-0.15, -0.1) is 0 Å². The van der Waals surface area contributed by atoms with Gasteiger partial charge in [0.15, 0.2) is 0 Å². The maximum absolute atomic E-state index is 14.7. The molecule has 3 rings (SSSR count). The average molecular weight is 441 g/mol. The van der Waals surface area contributed by atoms with Gasteiger partial charge in [-0.25, -0.2) is 14.0 Å². The SMILES string of the molecule is COC(=O)[C@H]1CN(c2ccc(-c3ccc(C[NH2+]CCCF)cc3)c(F)c2)C(=O)O1.[Cl-]. The molecule has 1 fully saturated rings. The van der Waals surface area contributed by atoms with Crippen molar-refractivity contribution in [2.24, 2.45) is 0 Å². The van der Waals surface area contributed by atoms with Gasteiger partial charge in [0.1, 0.15) is 12.4 Å². The van der Waals surface area contributed by atoms with Gasteiger partial charge in [-0.3, -0.25) is 9.29 Å². The second-order valence-electron chi connectivity index (χ2n) is 6.69. The van der Waals surface area contributed by atoms with Gasteiger partial charge in [-0.05, 0) is 23.8 Å². The molecule has 1 aliphatic rings. The van der Waals surface area contributed by atoms with Crippen LogP contribution in [-0.4, -0.2) is 45.0 Å².